The molecule has 1 aliphatic heterocycles. The molecule has 0 fully saturated rings. The van der Waals surface area contributed by atoms with Gasteiger partial charge >= 0.3 is 0 Å². The Labute approximate surface area is 168 Å². The van der Waals surface area contributed by atoms with Crippen molar-refractivity contribution in [2.45, 2.75) is 45.4 Å². The molecule has 1 aromatic heterocycles. The molecule has 1 aliphatic rings. The first kappa shape index (κ1) is 20.0. The molecule has 6 nitrogen and oxygen atoms in total. The Kier molecular flexibility index (Phi) is 6.07. The van der Waals surface area contributed by atoms with Crippen molar-refractivity contribution in [1.82, 2.24) is 15.6 Å². The van der Waals surface area contributed by atoms with Crippen molar-refractivity contribution in [1.29, 1.82) is 0 Å². The van der Waals surface area contributed by atoms with Crippen LogP contribution in [0.1, 0.15) is 44.4 Å². The lowest BCUT2D eigenvalue weighted by Gasteiger charge is -2.38. The lowest BCUT2D eigenvalue weighted by molar-refractivity contribution is 0.0694. The summed E-state index contributed by atoms with van der Waals surface area (Å²) in [5.74, 6) is 2.69. The van der Waals surface area contributed by atoms with Crippen molar-refractivity contribution in [3.8, 4) is 5.75 Å². The standard InChI is InChI=1S/C22H31N5O/c1-6-23-21(25-15-16-11-12-24-20(13-16)27(4)5)26-18-14-22(2,3)28-19-10-8-7-9-17(18)19/h7-13,18H,6,14-15H2,1-5H3,(H2,23,25,26). The number of rotatable bonds is 5. The van der Waals surface area contributed by atoms with Crippen LogP contribution in [0.3, 0.4) is 0 Å². The van der Waals surface area contributed by atoms with E-state index < -0.39 is 0 Å². The van der Waals surface area contributed by atoms with Crippen LogP contribution in [-0.2, 0) is 6.54 Å². The van der Waals surface area contributed by atoms with Gasteiger partial charge in [0, 0.05) is 38.8 Å². The number of para-hydroxylation sites is 1. The van der Waals surface area contributed by atoms with Crippen LogP contribution in [0.5, 0.6) is 5.75 Å². The molecule has 3 rings (SSSR count). The zero-order valence-electron chi connectivity index (χ0n) is 17.5. The molecule has 150 valence electrons. The van der Waals surface area contributed by atoms with Gasteiger partial charge in [-0.3, -0.25) is 0 Å². The molecule has 0 saturated carbocycles. The van der Waals surface area contributed by atoms with E-state index in [9.17, 15) is 0 Å². The molecular weight excluding hydrogens is 350 g/mol. The molecule has 6 heteroatoms. The largest absolute Gasteiger partial charge is 0.487 e. The third kappa shape index (κ3) is 4.94. The Morgan fingerprint density at radius 2 is 2.07 bits per heavy atom. The fraction of sp³-hybridized carbons (Fsp3) is 0.455. The van der Waals surface area contributed by atoms with Gasteiger partial charge < -0.3 is 20.3 Å². The average molecular weight is 382 g/mol. The fourth-order valence-corrected chi connectivity index (χ4v) is 3.39. The minimum Gasteiger partial charge on any atom is -0.487 e. The maximum atomic E-state index is 6.14. The van der Waals surface area contributed by atoms with Crippen molar-refractivity contribution in [2.75, 3.05) is 25.5 Å². The maximum Gasteiger partial charge on any atom is 0.192 e. The summed E-state index contributed by atoms with van der Waals surface area (Å²) in [6.45, 7) is 7.73. The first-order chi connectivity index (χ1) is 13.4. The summed E-state index contributed by atoms with van der Waals surface area (Å²) in [6.07, 6.45) is 2.70. The van der Waals surface area contributed by atoms with Crippen molar-refractivity contribution in [3.63, 3.8) is 0 Å². The van der Waals surface area contributed by atoms with Gasteiger partial charge in [0.05, 0.1) is 12.6 Å². The summed E-state index contributed by atoms with van der Waals surface area (Å²) < 4.78 is 6.14. The molecule has 0 amide bonds. The zero-order chi connectivity index (χ0) is 20.1. The van der Waals surface area contributed by atoms with Crippen molar-refractivity contribution in [3.05, 3.63) is 53.7 Å². The molecule has 1 atom stereocenters. The normalized spacial score (nSPS) is 18.0. The highest BCUT2D eigenvalue weighted by Crippen LogP contribution is 2.39. The van der Waals surface area contributed by atoms with E-state index in [-0.39, 0.29) is 11.6 Å². The number of fused-ring (bicyclic) bond motifs is 1. The minimum atomic E-state index is -0.227. The van der Waals surface area contributed by atoms with Gasteiger partial charge in [-0.15, -0.1) is 0 Å². The number of hydrogen-bond donors (Lipinski definition) is 2. The second-order valence-corrected chi connectivity index (χ2v) is 7.91. The monoisotopic (exact) mass is 381 g/mol. The van der Waals surface area contributed by atoms with Crippen molar-refractivity contribution >= 4 is 11.8 Å². The van der Waals surface area contributed by atoms with E-state index in [1.165, 1.54) is 5.56 Å². The summed E-state index contributed by atoms with van der Waals surface area (Å²) in [6, 6.07) is 12.5. The van der Waals surface area contributed by atoms with Crippen molar-refractivity contribution < 1.29 is 4.74 Å². The molecule has 28 heavy (non-hydrogen) atoms. The number of nitrogens with zero attached hydrogens (tertiary/aromatic N) is 3. The Morgan fingerprint density at radius 1 is 1.29 bits per heavy atom. The van der Waals surface area contributed by atoms with Gasteiger partial charge in [-0.05, 0) is 44.5 Å². The Morgan fingerprint density at radius 3 is 2.82 bits per heavy atom. The predicted octanol–water partition coefficient (Wildman–Crippen LogP) is 3.51. The van der Waals surface area contributed by atoms with Crippen LogP contribution in [0.2, 0.25) is 0 Å². The molecule has 1 aromatic carbocycles. The molecule has 2 heterocycles. The number of guanidine groups is 1. The molecule has 0 aliphatic carbocycles. The Balaban J connectivity index is 1.79. The second kappa shape index (κ2) is 8.50. The third-order valence-electron chi connectivity index (χ3n) is 4.72. The first-order valence-corrected chi connectivity index (χ1v) is 9.83. The highest BCUT2D eigenvalue weighted by Gasteiger charge is 2.33. The number of aromatic nitrogens is 1. The van der Waals surface area contributed by atoms with E-state index in [1.807, 2.05) is 43.4 Å². The first-order valence-electron chi connectivity index (χ1n) is 9.83. The van der Waals surface area contributed by atoms with Gasteiger partial charge in [0.25, 0.3) is 0 Å². The van der Waals surface area contributed by atoms with E-state index in [0.29, 0.717) is 6.54 Å². The highest BCUT2D eigenvalue weighted by molar-refractivity contribution is 5.80. The van der Waals surface area contributed by atoms with Crippen molar-refractivity contribution in [2.24, 2.45) is 4.99 Å². The Hall–Kier alpha value is -2.76. The van der Waals surface area contributed by atoms with Crippen LogP contribution in [0.15, 0.2) is 47.6 Å². The van der Waals surface area contributed by atoms with Crippen LogP contribution >= 0.6 is 0 Å². The summed E-state index contributed by atoms with van der Waals surface area (Å²) >= 11 is 0. The van der Waals surface area contributed by atoms with Gasteiger partial charge in [0.2, 0.25) is 0 Å². The zero-order valence-corrected chi connectivity index (χ0v) is 17.5. The number of anilines is 1. The van der Waals surface area contributed by atoms with Crippen LogP contribution in [0, 0.1) is 0 Å². The number of benzene rings is 1. The maximum absolute atomic E-state index is 6.14. The average Bonchev–Trinajstić information content (AvgIpc) is 2.65. The minimum absolute atomic E-state index is 0.146. The SMILES string of the molecule is CCNC(=NCc1ccnc(N(C)C)c1)NC1CC(C)(C)Oc2ccccc21. The Bertz CT molecular complexity index is 831. The molecule has 0 radical (unpaired) electrons. The molecule has 0 saturated heterocycles. The number of hydrogen-bond acceptors (Lipinski definition) is 4. The molecular formula is C22H31N5O. The molecule has 1 unspecified atom stereocenters. The van der Waals surface area contributed by atoms with Gasteiger partial charge in [0.15, 0.2) is 5.96 Å². The number of nitrogens with one attached hydrogen (secondary N) is 2. The molecule has 0 bridgehead atoms. The number of aliphatic imine (C=N–C) groups is 1. The third-order valence-corrected chi connectivity index (χ3v) is 4.72. The number of pyridine rings is 1. The summed E-state index contributed by atoms with van der Waals surface area (Å²) in [7, 11) is 3.98. The summed E-state index contributed by atoms with van der Waals surface area (Å²) in [5, 5.41) is 6.98. The van der Waals surface area contributed by atoms with Gasteiger partial charge in [-0.25, -0.2) is 9.98 Å². The quantitative estimate of drug-likeness (QED) is 0.613. The van der Waals surface area contributed by atoms with Crippen LogP contribution in [-0.4, -0.2) is 37.2 Å². The van der Waals surface area contributed by atoms with E-state index >= 15 is 0 Å². The van der Waals surface area contributed by atoms with E-state index in [2.05, 4.69) is 54.6 Å². The van der Waals surface area contributed by atoms with E-state index in [1.54, 1.807) is 0 Å². The lowest BCUT2D eigenvalue weighted by Crippen LogP contribution is -2.45. The lowest BCUT2D eigenvalue weighted by atomic mass is 9.90. The summed E-state index contributed by atoms with van der Waals surface area (Å²) in [4.78, 5) is 11.2. The van der Waals surface area contributed by atoms with E-state index in [4.69, 9.17) is 9.73 Å². The van der Waals surface area contributed by atoms with Crippen LogP contribution in [0.4, 0.5) is 5.82 Å². The fourth-order valence-electron chi connectivity index (χ4n) is 3.39. The van der Waals surface area contributed by atoms with Gasteiger partial charge in [-0.2, -0.15) is 0 Å². The molecule has 2 aromatic rings. The molecule has 2 N–H and O–H groups in total. The smallest absolute Gasteiger partial charge is 0.192 e. The highest BCUT2D eigenvalue weighted by atomic mass is 16.5. The topological polar surface area (TPSA) is 61.8 Å². The second-order valence-electron chi connectivity index (χ2n) is 7.91. The van der Waals surface area contributed by atoms with Gasteiger partial charge in [-0.1, -0.05) is 18.2 Å². The molecule has 0 spiro atoms. The van der Waals surface area contributed by atoms with Crippen LogP contribution in [0.25, 0.3) is 0 Å². The summed E-state index contributed by atoms with van der Waals surface area (Å²) in [5.41, 5.74) is 2.07. The van der Waals surface area contributed by atoms with Gasteiger partial charge in [0.1, 0.15) is 17.2 Å². The number of ether oxygens (including phenoxy) is 1. The van der Waals surface area contributed by atoms with E-state index in [0.717, 1.165) is 36.1 Å². The van der Waals surface area contributed by atoms with Crippen LogP contribution < -0.4 is 20.3 Å². The predicted molar refractivity (Wildman–Crippen MR) is 115 cm³/mol.